The molecule has 124 valence electrons. The van der Waals surface area contributed by atoms with Gasteiger partial charge in [-0.15, -0.1) is 0 Å². The molecule has 0 saturated heterocycles. The third kappa shape index (κ3) is 1.98. The van der Waals surface area contributed by atoms with Gasteiger partial charge >= 0.3 is 0 Å². The molecule has 0 aromatic heterocycles. The van der Waals surface area contributed by atoms with Gasteiger partial charge in [0.1, 0.15) is 0 Å². The molecule has 0 heterocycles. The van der Waals surface area contributed by atoms with E-state index in [9.17, 15) is 5.11 Å². The minimum Gasteiger partial charge on any atom is -0.395 e. The predicted octanol–water partition coefficient (Wildman–Crippen LogP) is 5.32. The third-order valence-electron chi connectivity index (χ3n) is 8.36. The topological polar surface area (TPSA) is 20.2 Å². The number of hydrogen-bond acceptors (Lipinski definition) is 1. The van der Waals surface area contributed by atoms with E-state index in [1.807, 2.05) is 5.57 Å². The molecule has 1 N–H and O–H groups in total. The predicted molar refractivity (Wildman–Crippen MR) is 95.0 cm³/mol. The van der Waals surface area contributed by atoms with Gasteiger partial charge in [-0.2, -0.15) is 0 Å². The summed E-state index contributed by atoms with van der Waals surface area (Å²) < 4.78 is 0. The first-order chi connectivity index (χ1) is 10.3. The Morgan fingerprint density at radius 2 is 2.00 bits per heavy atom. The summed E-state index contributed by atoms with van der Waals surface area (Å²) in [7, 11) is 0. The van der Waals surface area contributed by atoms with E-state index in [2.05, 4.69) is 42.8 Å². The van der Waals surface area contributed by atoms with Crippen molar-refractivity contribution >= 4 is 15.9 Å². The number of hydrogen-bond donors (Lipinski definition) is 1. The lowest BCUT2D eigenvalue weighted by atomic mass is 9.49. The molecule has 4 aliphatic rings. The highest BCUT2D eigenvalue weighted by atomic mass is 79.9. The van der Waals surface area contributed by atoms with Crippen molar-refractivity contribution in [3.05, 3.63) is 11.6 Å². The minimum absolute atomic E-state index is 0.229. The van der Waals surface area contributed by atoms with E-state index < -0.39 is 0 Å². The van der Waals surface area contributed by atoms with Crippen molar-refractivity contribution in [1.29, 1.82) is 0 Å². The van der Waals surface area contributed by atoms with Crippen LogP contribution in [0, 0.1) is 34.0 Å². The SMILES string of the molecule is C[C@]1([C@H](Br)CO)CC=C2[C@H](CC[C@@H]3[C@@]4(C)C[C@H]4CC[C@@]23C)C1. The molecule has 0 amide bonds. The molecule has 4 rings (SSSR count). The zero-order valence-corrected chi connectivity index (χ0v) is 16.0. The first-order valence-corrected chi connectivity index (χ1v) is 10.2. The van der Waals surface area contributed by atoms with Crippen LogP contribution < -0.4 is 0 Å². The molecule has 0 unspecified atom stereocenters. The molecule has 0 spiro atoms. The van der Waals surface area contributed by atoms with Crippen LogP contribution in [0.2, 0.25) is 0 Å². The van der Waals surface area contributed by atoms with Gasteiger partial charge in [-0.1, -0.05) is 48.4 Å². The van der Waals surface area contributed by atoms with Gasteiger partial charge in [0.2, 0.25) is 0 Å². The van der Waals surface area contributed by atoms with Gasteiger partial charge in [0, 0.05) is 4.83 Å². The Balaban J connectivity index is 1.65. The van der Waals surface area contributed by atoms with Gasteiger partial charge in [0.25, 0.3) is 0 Å². The summed E-state index contributed by atoms with van der Waals surface area (Å²) in [5, 5.41) is 9.59. The summed E-state index contributed by atoms with van der Waals surface area (Å²) in [4.78, 5) is 0.236. The molecule has 1 nitrogen and oxygen atoms in total. The lowest BCUT2D eigenvalue weighted by Crippen LogP contribution is -2.47. The Morgan fingerprint density at radius 3 is 2.73 bits per heavy atom. The lowest BCUT2D eigenvalue weighted by molar-refractivity contribution is 0.0240. The second-order valence-electron chi connectivity index (χ2n) is 9.56. The van der Waals surface area contributed by atoms with Crippen molar-refractivity contribution < 1.29 is 5.11 Å². The molecular weight excluding hydrogens is 336 g/mol. The normalized spacial score (nSPS) is 54.6. The molecule has 3 saturated carbocycles. The van der Waals surface area contributed by atoms with Crippen LogP contribution in [0.3, 0.4) is 0 Å². The van der Waals surface area contributed by atoms with Gasteiger partial charge in [-0.25, -0.2) is 0 Å². The van der Waals surface area contributed by atoms with Crippen LogP contribution in [0.25, 0.3) is 0 Å². The van der Waals surface area contributed by atoms with Crippen LogP contribution >= 0.6 is 15.9 Å². The highest BCUT2D eigenvalue weighted by molar-refractivity contribution is 9.09. The Labute approximate surface area is 144 Å². The fourth-order valence-corrected chi connectivity index (χ4v) is 7.14. The average Bonchev–Trinajstić information content (AvgIpc) is 3.17. The molecule has 7 atom stereocenters. The summed E-state index contributed by atoms with van der Waals surface area (Å²) >= 11 is 3.74. The molecule has 2 heteroatoms. The Morgan fingerprint density at radius 1 is 1.23 bits per heavy atom. The lowest BCUT2D eigenvalue weighted by Gasteiger charge is -2.56. The van der Waals surface area contributed by atoms with Gasteiger partial charge in [0.15, 0.2) is 0 Å². The zero-order chi connectivity index (χ0) is 15.8. The number of allylic oxidation sites excluding steroid dienone is 2. The van der Waals surface area contributed by atoms with E-state index in [0.717, 1.165) is 24.2 Å². The minimum atomic E-state index is 0.229. The van der Waals surface area contributed by atoms with Crippen LogP contribution in [0.5, 0.6) is 0 Å². The maximum Gasteiger partial charge on any atom is 0.0561 e. The molecule has 4 aliphatic carbocycles. The molecule has 0 aromatic rings. The van der Waals surface area contributed by atoms with Crippen LogP contribution in [-0.2, 0) is 0 Å². The van der Waals surface area contributed by atoms with E-state index >= 15 is 0 Å². The largest absolute Gasteiger partial charge is 0.395 e. The van der Waals surface area contributed by atoms with Crippen LogP contribution in [0.1, 0.15) is 65.7 Å². The summed E-state index contributed by atoms with van der Waals surface area (Å²) in [5.41, 5.74) is 3.19. The second-order valence-corrected chi connectivity index (χ2v) is 10.7. The van der Waals surface area contributed by atoms with Crippen LogP contribution in [0.4, 0.5) is 0 Å². The van der Waals surface area contributed by atoms with Crippen LogP contribution in [-0.4, -0.2) is 16.5 Å². The smallest absolute Gasteiger partial charge is 0.0561 e. The quantitative estimate of drug-likeness (QED) is 0.517. The van der Waals surface area contributed by atoms with E-state index in [1.165, 1.54) is 38.5 Å². The fourth-order valence-electron chi connectivity index (χ4n) is 6.77. The first kappa shape index (κ1) is 15.7. The van der Waals surface area contributed by atoms with E-state index in [-0.39, 0.29) is 16.8 Å². The molecule has 0 bridgehead atoms. The highest BCUT2D eigenvalue weighted by Gasteiger charge is 2.65. The molecule has 22 heavy (non-hydrogen) atoms. The van der Waals surface area contributed by atoms with Crippen molar-refractivity contribution in [2.24, 2.45) is 34.0 Å². The Kier molecular flexibility index (Phi) is 3.46. The van der Waals surface area contributed by atoms with Crippen molar-refractivity contribution in [2.45, 2.75) is 70.5 Å². The maximum atomic E-state index is 9.59. The molecule has 0 radical (unpaired) electrons. The number of halogens is 1. The second kappa shape index (κ2) is 4.85. The van der Waals surface area contributed by atoms with Gasteiger partial charge < -0.3 is 5.11 Å². The van der Waals surface area contributed by atoms with Crippen LogP contribution in [0.15, 0.2) is 11.6 Å². The summed E-state index contributed by atoms with van der Waals surface area (Å²) in [6.07, 6.45) is 12.2. The standard InChI is InChI=1S/C20H31BrO/c1-18(17(21)12-22)8-7-15-13(10-18)4-5-16-19(15,2)9-6-14-11-20(14,16)3/h7,13-14,16-17,22H,4-6,8-12H2,1-3H3/t13-,14-,16+,17-,18+,19+,20+/m1/s1. The zero-order valence-electron chi connectivity index (χ0n) is 14.4. The monoisotopic (exact) mass is 366 g/mol. The number of aliphatic hydroxyl groups is 1. The first-order valence-electron chi connectivity index (χ1n) is 9.29. The van der Waals surface area contributed by atoms with Crippen molar-refractivity contribution in [1.82, 2.24) is 0 Å². The number of fused-ring (bicyclic) bond motifs is 5. The van der Waals surface area contributed by atoms with Crippen molar-refractivity contribution in [3.8, 4) is 0 Å². The van der Waals surface area contributed by atoms with E-state index in [0.29, 0.717) is 10.8 Å². The van der Waals surface area contributed by atoms with E-state index in [4.69, 9.17) is 0 Å². The fraction of sp³-hybridized carbons (Fsp3) is 0.900. The van der Waals surface area contributed by atoms with Gasteiger partial charge in [-0.3, -0.25) is 0 Å². The van der Waals surface area contributed by atoms with Gasteiger partial charge in [0.05, 0.1) is 6.61 Å². The van der Waals surface area contributed by atoms with Crippen molar-refractivity contribution in [3.63, 3.8) is 0 Å². The van der Waals surface area contributed by atoms with Crippen molar-refractivity contribution in [2.75, 3.05) is 6.61 Å². The van der Waals surface area contributed by atoms with E-state index in [1.54, 1.807) is 0 Å². The summed E-state index contributed by atoms with van der Waals surface area (Å²) in [6.45, 7) is 7.79. The Bertz CT molecular complexity index is 514. The third-order valence-corrected chi connectivity index (χ3v) is 9.75. The molecular formula is C20H31BrO. The van der Waals surface area contributed by atoms with Gasteiger partial charge in [-0.05, 0) is 78.9 Å². The highest BCUT2D eigenvalue weighted by Crippen LogP contribution is 2.73. The maximum absolute atomic E-state index is 9.59. The molecule has 3 fully saturated rings. The Hall–Kier alpha value is 0.180. The average molecular weight is 367 g/mol. The number of rotatable bonds is 2. The number of alkyl halides is 1. The number of aliphatic hydroxyl groups excluding tert-OH is 1. The molecule has 0 aromatic carbocycles. The molecule has 0 aliphatic heterocycles. The summed E-state index contributed by atoms with van der Waals surface area (Å²) in [5.74, 6) is 2.74. The summed E-state index contributed by atoms with van der Waals surface area (Å²) in [6, 6.07) is 0.